The molecule has 0 unspecified atom stereocenters. The van der Waals surface area contributed by atoms with Crippen molar-refractivity contribution in [3.8, 4) is 16.9 Å². The second-order valence-corrected chi connectivity index (χ2v) is 6.20. The summed E-state index contributed by atoms with van der Waals surface area (Å²) in [7, 11) is 0. The van der Waals surface area contributed by atoms with Crippen LogP contribution < -0.4 is 10.2 Å². The van der Waals surface area contributed by atoms with Crippen molar-refractivity contribution in [2.75, 3.05) is 0 Å². The number of rotatable bonds is 4. The molecule has 0 saturated carbocycles. The van der Waals surface area contributed by atoms with Gasteiger partial charge in [-0.1, -0.05) is 30.3 Å². The minimum atomic E-state index is -0.678. The second kappa shape index (κ2) is 7.40. The highest BCUT2D eigenvalue weighted by Crippen LogP contribution is 2.24. The molecule has 0 N–H and O–H groups in total. The van der Waals surface area contributed by atoms with Gasteiger partial charge < -0.3 is 9.15 Å². The summed E-state index contributed by atoms with van der Waals surface area (Å²) in [4.78, 5) is 35.1. The van der Waals surface area contributed by atoms with Crippen molar-refractivity contribution in [3.05, 3.63) is 105 Å². The van der Waals surface area contributed by atoms with E-state index in [9.17, 15) is 19.7 Å². The topological polar surface area (TPSA) is 99.7 Å². The quantitative estimate of drug-likeness (QED) is 0.220. The number of nitrogens with zero attached hydrogens (tertiary/aromatic N) is 1. The minimum Gasteiger partial charge on any atom is -0.463 e. The zero-order valence-corrected chi connectivity index (χ0v) is 14.9. The number of nitro benzene ring substituents is 1. The summed E-state index contributed by atoms with van der Waals surface area (Å²) >= 11 is 0. The highest BCUT2D eigenvalue weighted by Gasteiger charge is 2.14. The highest BCUT2D eigenvalue weighted by atomic mass is 16.6. The standard InChI is InChI=1S/C22H13NO6/c24-21-18-11-10-17(29-22(25)15-6-8-16(9-7-15)23(26)27)12-20(18)28-13-19(21)14-4-2-1-3-5-14/h1-13H. The van der Waals surface area contributed by atoms with Crippen molar-refractivity contribution in [2.24, 2.45) is 0 Å². The van der Waals surface area contributed by atoms with Crippen LogP contribution in [-0.4, -0.2) is 10.9 Å². The first-order valence-electron chi connectivity index (χ1n) is 8.60. The van der Waals surface area contributed by atoms with Gasteiger partial charge in [0.25, 0.3) is 5.69 Å². The Morgan fingerprint density at radius 1 is 0.966 bits per heavy atom. The summed E-state index contributed by atoms with van der Waals surface area (Å²) in [6.45, 7) is 0. The molecular weight excluding hydrogens is 374 g/mol. The molecule has 0 aliphatic rings. The number of carbonyl (C=O) groups is 1. The van der Waals surface area contributed by atoms with Crippen LogP contribution >= 0.6 is 0 Å². The maximum atomic E-state index is 12.7. The van der Waals surface area contributed by atoms with Crippen LogP contribution in [0.3, 0.4) is 0 Å². The van der Waals surface area contributed by atoms with Crippen LogP contribution in [0, 0.1) is 10.1 Å². The first-order chi connectivity index (χ1) is 14.0. The van der Waals surface area contributed by atoms with Gasteiger partial charge in [-0.2, -0.15) is 0 Å². The van der Waals surface area contributed by atoms with Gasteiger partial charge in [-0.25, -0.2) is 4.79 Å². The maximum Gasteiger partial charge on any atom is 0.343 e. The molecule has 142 valence electrons. The van der Waals surface area contributed by atoms with Crippen LogP contribution in [-0.2, 0) is 0 Å². The third kappa shape index (κ3) is 3.61. The van der Waals surface area contributed by atoms with Crippen molar-refractivity contribution in [2.45, 2.75) is 0 Å². The van der Waals surface area contributed by atoms with Gasteiger partial charge in [0.2, 0.25) is 0 Å². The Hall–Kier alpha value is -4.26. The van der Waals surface area contributed by atoms with E-state index in [1.807, 2.05) is 30.3 Å². The van der Waals surface area contributed by atoms with Crippen molar-refractivity contribution in [1.82, 2.24) is 0 Å². The predicted molar refractivity (Wildman–Crippen MR) is 106 cm³/mol. The van der Waals surface area contributed by atoms with E-state index in [2.05, 4.69) is 0 Å². The molecule has 0 aliphatic heterocycles. The number of fused-ring (bicyclic) bond motifs is 1. The molecule has 7 heteroatoms. The highest BCUT2D eigenvalue weighted by molar-refractivity contribution is 5.92. The van der Waals surface area contributed by atoms with Crippen LogP contribution in [0.1, 0.15) is 10.4 Å². The summed E-state index contributed by atoms with van der Waals surface area (Å²) in [5.74, 6) is -0.487. The lowest BCUT2D eigenvalue weighted by atomic mass is 10.1. The summed E-state index contributed by atoms with van der Waals surface area (Å²) < 4.78 is 10.9. The molecule has 1 aromatic heterocycles. The van der Waals surface area contributed by atoms with E-state index in [0.717, 1.165) is 5.56 Å². The molecule has 0 bridgehead atoms. The third-order valence-corrected chi connectivity index (χ3v) is 4.36. The van der Waals surface area contributed by atoms with Crippen molar-refractivity contribution in [3.63, 3.8) is 0 Å². The molecule has 0 amide bonds. The Labute approximate surface area is 163 Å². The lowest BCUT2D eigenvalue weighted by Gasteiger charge is -2.06. The zero-order chi connectivity index (χ0) is 20.4. The van der Waals surface area contributed by atoms with Gasteiger partial charge in [-0.05, 0) is 29.8 Å². The molecule has 7 nitrogen and oxygen atoms in total. The number of benzene rings is 3. The average Bonchev–Trinajstić information content (AvgIpc) is 2.74. The monoisotopic (exact) mass is 387 g/mol. The van der Waals surface area contributed by atoms with E-state index < -0.39 is 10.9 Å². The Morgan fingerprint density at radius 2 is 1.69 bits per heavy atom. The van der Waals surface area contributed by atoms with E-state index in [-0.39, 0.29) is 28.0 Å². The molecular formula is C22H13NO6. The third-order valence-electron chi connectivity index (χ3n) is 4.36. The predicted octanol–water partition coefficient (Wildman–Crippen LogP) is 4.59. The number of hydrogen-bond acceptors (Lipinski definition) is 6. The van der Waals surface area contributed by atoms with Crippen LogP contribution in [0.15, 0.2) is 88.3 Å². The largest absolute Gasteiger partial charge is 0.463 e. The normalized spacial score (nSPS) is 10.6. The van der Waals surface area contributed by atoms with Gasteiger partial charge in [0.15, 0.2) is 5.43 Å². The molecule has 0 radical (unpaired) electrons. The Balaban J connectivity index is 1.61. The van der Waals surface area contributed by atoms with Gasteiger partial charge in [-0.3, -0.25) is 14.9 Å². The molecule has 0 aliphatic carbocycles. The van der Waals surface area contributed by atoms with Gasteiger partial charge >= 0.3 is 5.97 Å². The molecule has 0 saturated heterocycles. The second-order valence-electron chi connectivity index (χ2n) is 6.20. The van der Waals surface area contributed by atoms with Crippen molar-refractivity contribution >= 4 is 22.6 Å². The Morgan fingerprint density at radius 3 is 2.38 bits per heavy atom. The summed E-state index contributed by atoms with van der Waals surface area (Å²) in [5.41, 5.74) is 1.32. The fourth-order valence-electron chi connectivity index (χ4n) is 2.87. The van der Waals surface area contributed by atoms with Gasteiger partial charge in [-0.15, -0.1) is 0 Å². The molecule has 0 fully saturated rings. The van der Waals surface area contributed by atoms with Gasteiger partial charge in [0.05, 0.1) is 21.4 Å². The van der Waals surface area contributed by atoms with E-state index >= 15 is 0 Å². The SMILES string of the molecule is O=C(Oc1ccc2c(=O)c(-c3ccccc3)coc2c1)c1ccc([N+](=O)[O-])cc1. The van der Waals surface area contributed by atoms with E-state index in [1.165, 1.54) is 48.7 Å². The van der Waals surface area contributed by atoms with Gasteiger partial charge in [0, 0.05) is 18.2 Å². The van der Waals surface area contributed by atoms with Gasteiger partial charge in [0.1, 0.15) is 17.6 Å². The summed E-state index contributed by atoms with van der Waals surface area (Å²) in [5, 5.41) is 11.1. The number of non-ortho nitro benzene ring substituents is 1. The lowest BCUT2D eigenvalue weighted by Crippen LogP contribution is -2.09. The molecule has 0 atom stereocenters. The van der Waals surface area contributed by atoms with Crippen LogP contribution in [0.25, 0.3) is 22.1 Å². The summed E-state index contributed by atoms with van der Waals surface area (Å²) in [6.07, 6.45) is 1.38. The molecule has 29 heavy (non-hydrogen) atoms. The molecule has 4 rings (SSSR count). The van der Waals surface area contributed by atoms with Crippen molar-refractivity contribution in [1.29, 1.82) is 0 Å². The number of esters is 1. The van der Waals surface area contributed by atoms with E-state index in [0.29, 0.717) is 10.9 Å². The molecule has 3 aromatic carbocycles. The number of nitro groups is 1. The van der Waals surface area contributed by atoms with Crippen LogP contribution in [0.2, 0.25) is 0 Å². The smallest absolute Gasteiger partial charge is 0.343 e. The molecule has 1 heterocycles. The number of carbonyl (C=O) groups excluding carboxylic acids is 1. The average molecular weight is 387 g/mol. The first-order valence-corrected chi connectivity index (χ1v) is 8.60. The van der Waals surface area contributed by atoms with E-state index in [1.54, 1.807) is 0 Å². The molecule has 0 spiro atoms. The Bertz CT molecular complexity index is 1280. The van der Waals surface area contributed by atoms with E-state index in [4.69, 9.17) is 9.15 Å². The maximum absolute atomic E-state index is 12.7. The number of ether oxygens (including phenoxy) is 1. The molecule has 4 aromatic rings. The lowest BCUT2D eigenvalue weighted by molar-refractivity contribution is -0.384. The first kappa shape index (κ1) is 18.1. The Kier molecular flexibility index (Phi) is 4.62. The summed E-state index contributed by atoms with van der Waals surface area (Å²) in [6, 6.07) is 18.7. The fourth-order valence-corrected chi connectivity index (χ4v) is 2.87. The fraction of sp³-hybridized carbons (Fsp3) is 0. The minimum absolute atomic E-state index is 0.122. The number of hydrogen-bond donors (Lipinski definition) is 0. The van der Waals surface area contributed by atoms with Crippen LogP contribution in [0.5, 0.6) is 5.75 Å². The zero-order valence-electron chi connectivity index (χ0n) is 14.9. The van der Waals surface area contributed by atoms with Crippen molar-refractivity contribution < 1.29 is 18.9 Å². The van der Waals surface area contributed by atoms with Crippen LogP contribution in [0.4, 0.5) is 5.69 Å².